The molecule has 1 aliphatic carbocycles. The predicted molar refractivity (Wildman–Crippen MR) is 208 cm³/mol. The van der Waals surface area contributed by atoms with E-state index in [2.05, 4.69) is 140 Å². The Morgan fingerprint density at radius 1 is 0.353 bits per heavy atom. The minimum absolute atomic E-state index is 0.000117. The zero-order valence-corrected chi connectivity index (χ0v) is 28.5. The standard InChI is InChI=1S/C47H34N4/c1-47(2)42-16-7-6-15-40(42)41-29-38(25-26-43(41)47)37-13-8-12-36(28-37)31-17-21-34(22-18-31)45-49-44(33-10-4-3-5-11-33)50-46(51-45)35-23-19-32(20-24-35)39-14-9-27-48-30-39/h3-30H,1-2H3. The summed E-state index contributed by atoms with van der Waals surface area (Å²) >= 11 is 0. The van der Waals surface area contributed by atoms with Crippen molar-refractivity contribution in [3.63, 3.8) is 0 Å². The van der Waals surface area contributed by atoms with E-state index < -0.39 is 0 Å². The molecule has 0 amide bonds. The van der Waals surface area contributed by atoms with Crippen molar-refractivity contribution in [2.24, 2.45) is 0 Å². The van der Waals surface area contributed by atoms with Gasteiger partial charge in [0.1, 0.15) is 0 Å². The minimum Gasteiger partial charge on any atom is -0.264 e. The fraction of sp³-hybridized carbons (Fsp3) is 0.0638. The number of pyridine rings is 1. The van der Waals surface area contributed by atoms with Crippen LogP contribution in [0.15, 0.2) is 170 Å². The van der Waals surface area contributed by atoms with Crippen LogP contribution in [0.2, 0.25) is 0 Å². The molecule has 242 valence electrons. The van der Waals surface area contributed by atoms with Gasteiger partial charge in [-0.2, -0.15) is 0 Å². The van der Waals surface area contributed by atoms with Crippen LogP contribution in [-0.2, 0) is 5.41 Å². The van der Waals surface area contributed by atoms with Gasteiger partial charge in [0.2, 0.25) is 0 Å². The normalized spacial score (nSPS) is 12.7. The van der Waals surface area contributed by atoms with Crippen LogP contribution in [0.3, 0.4) is 0 Å². The van der Waals surface area contributed by atoms with Crippen LogP contribution in [0.4, 0.5) is 0 Å². The minimum atomic E-state index is 0.000117. The van der Waals surface area contributed by atoms with Crippen molar-refractivity contribution in [1.82, 2.24) is 19.9 Å². The second kappa shape index (κ2) is 12.4. The molecule has 0 saturated heterocycles. The summed E-state index contributed by atoms with van der Waals surface area (Å²) in [7, 11) is 0. The number of benzene rings is 6. The fourth-order valence-electron chi connectivity index (χ4n) is 7.29. The van der Waals surface area contributed by atoms with Crippen LogP contribution in [0.5, 0.6) is 0 Å². The van der Waals surface area contributed by atoms with Crippen molar-refractivity contribution < 1.29 is 0 Å². The summed E-state index contributed by atoms with van der Waals surface area (Å²) in [6, 6.07) is 55.5. The predicted octanol–water partition coefficient (Wildman–Crippen LogP) is 11.6. The smallest absolute Gasteiger partial charge is 0.164 e. The highest BCUT2D eigenvalue weighted by atomic mass is 15.0. The third kappa shape index (κ3) is 5.61. The average molecular weight is 655 g/mol. The Labute approximate surface area is 298 Å². The molecule has 0 saturated carbocycles. The number of aromatic nitrogens is 4. The monoisotopic (exact) mass is 654 g/mol. The Morgan fingerprint density at radius 2 is 0.824 bits per heavy atom. The molecule has 0 unspecified atom stereocenters. The molecule has 2 aromatic heterocycles. The van der Waals surface area contributed by atoms with Crippen LogP contribution < -0.4 is 0 Å². The molecule has 0 bridgehead atoms. The van der Waals surface area contributed by atoms with Gasteiger partial charge in [-0.3, -0.25) is 4.98 Å². The second-order valence-corrected chi connectivity index (χ2v) is 13.6. The van der Waals surface area contributed by atoms with Crippen molar-refractivity contribution in [2.45, 2.75) is 19.3 Å². The van der Waals surface area contributed by atoms with E-state index in [1.807, 2.05) is 42.6 Å². The molecule has 9 rings (SSSR count). The molecule has 8 aromatic rings. The first-order valence-corrected chi connectivity index (χ1v) is 17.3. The van der Waals surface area contributed by atoms with E-state index in [0.29, 0.717) is 17.5 Å². The lowest BCUT2D eigenvalue weighted by Crippen LogP contribution is -2.14. The summed E-state index contributed by atoms with van der Waals surface area (Å²) < 4.78 is 0. The van der Waals surface area contributed by atoms with Gasteiger partial charge in [0.15, 0.2) is 17.5 Å². The third-order valence-corrected chi connectivity index (χ3v) is 10.1. The van der Waals surface area contributed by atoms with Gasteiger partial charge < -0.3 is 0 Å². The van der Waals surface area contributed by atoms with Gasteiger partial charge in [0, 0.05) is 34.5 Å². The summed E-state index contributed by atoms with van der Waals surface area (Å²) in [5, 5.41) is 0. The van der Waals surface area contributed by atoms with Crippen molar-refractivity contribution in [3.05, 3.63) is 181 Å². The van der Waals surface area contributed by atoms with Gasteiger partial charge in [0.05, 0.1) is 0 Å². The van der Waals surface area contributed by atoms with E-state index in [-0.39, 0.29) is 5.41 Å². The topological polar surface area (TPSA) is 51.6 Å². The molecule has 0 aliphatic heterocycles. The molecule has 6 aromatic carbocycles. The second-order valence-electron chi connectivity index (χ2n) is 13.6. The van der Waals surface area contributed by atoms with E-state index in [0.717, 1.165) is 38.9 Å². The van der Waals surface area contributed by atoms with Gasteiger partial charge in [-0.15, -0.1) is 0 Å². The Kier molecular flexibility index (Phi) is 7.44. The maximum absolute atomic E-state index is 4.98. The highest BCUT2D eigenvalue weighted by Gasteiger charge is 2.35. The molecule has 0 radical (unpaired) electrons. The highest BCUT2D eigenvalue weighted by molar-refractivity contribution is 5.85. The van der Waals surface area contributed by atoms with Gasteiger partial charge in [-0.05, 0) is 73.8 Å². The third-order valence-electron chi connectivity index (χ3n) is 10.1. The van der Waals surface area contributed by atoms with Crippen molar-refractivity contribution in [1.29, 1.82) is 0 Å². The van der Waals surface area contributed by atoms with Crippen LogP contribution >= 0.6 is 0 Å². The Morgan fingerprint density at radius 3 is 1.47 bits per heavy atom. The van der Waals surface area contributed by atoms with Gasteiger partial charge in [-0.1, -0.05) is 153 Å². The first-order valence-electron chi connectivity index (χ1n) is 17.3. The van der Waals surface area contributed by atoms with Crippen LogP contribution in [0.1, 0.15) is 25.0 Å². The number of fused-ring (bicyclic) bond motifs is 3. The van der Waals surface area contributed by atoms with Crippen LogP contribution in [0, 0.1) is 0 Å². The van der Waals surface area contributed by atoms with E-state index in [4.69, 9.17) is 15.0 Å². The molecule has 0 fully saturated rings. The maximum Gasteiger partial charge on any atom is 0.164 e. The Balaban J connectivity index is 1.04. The summed E-state index contributed by atoms with van der Waals surface area (Å²) in [5.41, 5.74) is 15.1. The van der Waals surface area contributed by atoms with Gasteiger partial charge >= 0.3 is 0 Å². The number of hydrogen-bond donors (Lipinski definition) is 0. The van der Waals surface area contributed by atoms with E-state index in [1.165, 1.54) is 33.4 Å². The van der Waals surface area contributed by atoms with Gasteiger partial charge in [0.25, 0.3) is 0 Å². The van der Waals surface area contributed by atoms with Crippen molar-refractivity contribution in [2.75, 3.05) is 0 Å². The summed E-state index contributed by atoms with van der Waals surface area (Å²) in [6.07, 6.45) is 3.66. The number of rotatable bonds is 6. The largest absolute Gasteiger partial charge is 0.264 e. The quantitative estimate of drug-likeness (QED) is 0.179. The van der Waals surface area contributed by atoms with E-state index in [9.17, 15) is 0 Å². The number of nitrogens with zero attached hydrogens (tertiary/aromatic N) is 4. The molecule has 2 heterocycles. The molecular formula is C47H34N4. The molecule has 4 nitrogen and oxygen atoms in total. The maximum atomic E-state index is 4.98. The SMILES string of the molecule is CC1(C)c2ccccc2-c2cc(-c3cccc(-c4ccc(-c5nc(-c6ccccc6)nc(-c6ccc(-c7cccnc7)cc6)n5)cc4)c3)ccc21. The molecule has 0 atom stereocenters. The highest BCUT2D eigenvalue weighted by Crippen LogP contribution is 2.49. The zero-order chi connectivity index (χ0) is 34.4. The van der Waals surface area contributed by atoms with Crippen molar-refractivity contribution >= 4 is 0 Å². The van der Waals surface area contributed by atoms with E-state index >= 15 is 0 Å². The average Bonchev–Trinajstić information content (AvgIpc) is 3.44. The Bertz CT molecular complexity index is 2520. The van der Waals surface area contributed by atoms with Crippen LogP contribution in [-0.4, -0.2) is 19.9 Å². The molecule has 0 N–H and O–H groups in total. The first kappa shape index (κ1) is 30.5. The zero-order valence-electron chi connectivity index (χ0n) is 28.5. The summed E-state index contributed by atoms with van der Waals surface area (Å²) in [6.45, 7) is 4.65. The van der Waals surface area contributed by atoms with Gasteiger partial charge in [-0.25, -0.2) is 15.0 Å². The van der Waals surface area contributed by atoms with Crippen molar-refractivity contribution in [3.8, 4) is 78.7 Å². The first-order chi connectivity index (χ1) is 25.0. The fourth-order valence-corrected chi connectivity index (χ4v) is 7.29. The van der Waals surface area contributed by atoms with E-state index in [1.54, 1.807) is 6.20 Å². The lowest BCUT2D eigenvalue weighted by Gasteiger charge is -2.21. The molecule has 4 heteroatoms. The lowest BCUT2D eigenvalue weighted by atomic mass is 9.82. The molecule has 51 heavy (non-hydrogen) atoms. The Hall–Kier alpha value is -6.52. The lowest BCUT2D eigenvalue weighted by molar-refractivity contribution is 0.660. The molecule has 1 aliphatic rings. The molecular weight excluding hydrogens is 621 g/mol. The molecule has 0 spiro atoms. The summed E-state index contributed by atoms with van der Waals surface area (Å²) in [5.74, 6) is 1.91. The summed E-state index contributed by atoms with van der Waals surface area (Å²) in [4.78, 5) is 19.1. The number of hydrogen-bond acceptors (Lipinski definition) is 4. The van der Waals surface area contributed by atoms with Crippen LogP contribution in [0.25, 0.3) is 78.7 Å².